The van der Waals surface area contributed by atoms with Gasteiger partial charge in [0.15, 0.2) is 0 Å². The van der Waals surface area contributed by atoms with Gasteiger partial charge >= 0.3 is 13.1 Å². The Kier molecular flexibility index (Phi) is 5.13. The van der Waals surface area contributed by atoms with E-state index in [2.05, 4.69) is 31.1 Å². The molecule has 1 unspecified atom stereocenters. The van der Waals surface area contributed by atoms with E-state index >= 15 is 0 Å². The van der Waals surface area contributed by atoms with E-state index in [0.717, 1.165) is 17.5 Å². The average molecular weight is 500 g/mol. The van der Waals surface area contributed by atoms with Gasteiger partial charge in [0.05, 0.1) is 29.7 Å². The van der Waals surface area contributed by atoms with Crippen molar-refractivity contribution >= 4 is 24.7 Å². The monoisotopic (exact) mass is 499 g/mol. The Labute approximate surface area is 210 Å². The zero-order valence-corrected chi connectivity index (χ0v) is 21.5. The Morgan fingerprint density at radius 1 is 1.17 bits per heavy atom. The normalized spacial score (nSPS) is 32.7. The number of carbonyl (C=O) groups is 1. The molecule has 2 aromatic rings. The first-order chi connectivity index (χ1) is 16.5. The first-order valence-corrected chi connectivity index (χ1v) is 12.8. The molecule has 8 nitrogen and oxygen atoms in total. The van der Waals surface area contributed by atoms with Crippen molar-refractivity contribution in [1.29, 1.82) is 0 Å². The minimum Gasteiger partial charge on any atom is -0.452 e. The third-order valence-electron chi connectivity index (χ3n) is 8.70. The molecule has 0 N–H and O–H groups in total. The third kappa shape index (κ3) is 3.61. The van der Waals surface area contributed by atoms with Crippen LogP contribution in [-0.4, -0.2) is 50.9 Å². The molecule has 1 aromatic carbocycles. The number of hydrogen-bond acceptors (Lipinski definition) is 7. The van der Waals surface area contributed by atoms with E-state index in [0.29, 0.717) is 36.1 Å². The van der Waals surface area contributed by atoms with Crippen molar-refractivity contribution in [2.75, 3.05) is 0 Å². The van der Waals surface area contributed by atoms with E-state index in [1.54, 1.807) is 30.9 Å². The summed E-state index contributed by atoms with van der Waals surface area (Å²) in [5.74, 6) is 0.137. The van der Waals surface area contributed by atoms with Crippen LogP contribution in [0.4, 0.5) is 0 Å². The summed E-state index contributed by atoms with van der Waals surface area (Å²) in [5, 5.41) is 7.43. The maximum absolute atomic E-state index is 13.0. The number of ether oxygens (including phenoxy) is 2. The number of fused-ring (bicyclic) bond motifs is 1. The third-order valence-corrected chi connectivity index (χ3v) is 9.06. The van der Waals surface area contributed by atoms with Crippen LogP contribution >= 0.6 is 11.6 Å². The molecule has 3 aliphatic carbocycles. The highest BCUT2D eigenvalue weighted by Gasteiger charge is 2.68. The summed E-state index contributed by atoms with van der Waals surface area (Å²) in [6.45, 7) is 10.7. The summed E-state index contributed by atoms with van der Waals surface area (Å²) in [5.41, 5.74) is 1.92. The highest BCUT2D eigenvalue weighted by Crippen LogP contribution is 2.65. The number of esters is 1. The van der Waals surface area contributed by atoms with Gasteiger partial charge in [-0.15, -0.1) is 16.7 Å². The van der Waals surface area contributed by atoms with E-state index in [4.69, 9.17) is 30.4 Å². The summed E-state index contributed by atoms with van der Waals surface area (Å²) in [6.07, 6.45) is 6.04. The molecule has 0 amide bonds. The number of benzene rings is 1. The number of rotatable bonds is 5. The lowest BCUT2D eigenvalue weighted by molar-refractivity contribution is -0.199. The van der Waals surface area contributed by atoms with Crippen LogP contribution in [-0.2, 0) is 27.0 Å². The molecular formula is C25H31BClN3O5. The molecule has 0 spiro atoms. The molecule has 35 heavy (non-hydrogen) atoms. The van der Waals surface area contributed by atoms with Gasteiger partial charge in [-0.25, -0.2) is 9.48 Å². The number of cyclic esters (lactones) is 1. The lowest BCUT2D eigenvalue weighted by atomic mass is 9.43. The van der Waals surface area contributed by atoms with Crippen LogP contribution in [0.2, 0.25) is 0 Å². The van der Waals surface area contributed by atoms with Gasteiger partial charge in [-0.1, -0.05) is 31.2 Å². The molecule has 1 saturated heterocycles. The molecular weight excluding hydrogens is 469 g/mol. The summed E-state index contributed by atoms with van der Waals surface area (Å²) >= 11 is 6.94. The van der Waals surface area contributed by atoms with Crippen LogP contribution < -0.4 is 4.74 Å². The van der Waals surface area contributed by atoms with E-state index < -0.39 is 24.2 Å². The van der Waals surface area contributed by atoms with Crippen LogP contribution in [0.25, 0.3) is 0 Å². The fourth-order valence-corrected chi connectivity index (χ4v) is 6.97. The van der Waals surface area contributed by atoms with Crippen LogP contribution in [0, 0.1) is 17.3 Å². The van der Waals surface area contributed by atoms with Crippen LogP contribution in [0.3, 0.4) is 0 Å². The van der Waals surface area contributed by atoms with Crippen molar-refractivity contribution in [3.63, 3.8) is 0 Å². The molecule has 2 bridgehead atoms. The van der Waals surface area contributed by atoms with Crippen LogP contribution in [0.1, 0.15) is 68.9 Å². The van der Waals surface area contributed by atoms with Crippen molar-refractivity contribution in [2.45, 2.75) is 83.2 Å². The molecule has 1 aromatic heterocycles. The van der Waals surface area contributed by atoms with Crippen LogP contribution in [0.15, 0.2) is 24.5 Å². The van der Waals surface area contributed by atoms with E-state index in [1.165, 1.54) is 6.42 Å². The Bertz CT molecular complexity index is 1170. The Morgan fingerprint density at radius 2 is 1.94 bits per heavy atom. The number of carbonyl (C=O) groups excluding carboxylic acids is 1. The van der Waals surface area contributed by atoms with Gasteiger partial charge < -0.3 is 18.8 Å². The van der Waals surface area contributed by atoms with Gasteiger partial charge in [0.25, 0.3) is 0 Å². The zero-order chi connectivity index (χ0) is 24.8. The molecule has 4 fully saturated rings. The van der Waals surface area contributed by atoms with Gasteiger partial charge in [0, 0.05) is 20.0 Å². The fraction of sp³-hybridized carbons (Fsp3) is 0.640. The summed E-state index contributed by atoms with van der Waals surface area (Å²) in [7, 11) is -0.518. The zero-order valence-electron chi connectivity index (χ0n) is 20.8. The first kappa shape index (κ1) is 23.3. The number of alkyl halides is 1. The molecule has 10 heteroatoms. The van der Waals surface area contributed by atoms with Gasteiger partial charge in [-0.3, -0.25) is 0 Å². The van der Waals surface area contributed by atoms with Crippen LogP contribution in [0.5, 0.6) is 5.75 Å². The van der Waals surface area contributed by atoms with Crippen molar-refractivity contribution in [3.05, 3.63) is 41.2 Å². The highest BCUT2D eigenvalue weighted by molar-refractivity contribution is 6.60. The van der Waals surface area contributed by atoms with Gasteiger partial charge in [0.2, 0.25) is 5.79 Å². The fourth-order valence-electron chi connectivity index (χ4n) is 6.69. The molecule has 186 valence electrons. The van der Waals surface area contributed by atoms with E-state index in [9.17, 15) is 4.79 Å². The number of aromatic nitrogens is 3. The van der Waals surface area contributed by atoms with Crippen molar-refractivity contribution in [2.24, 2.45) is 17.3 Å². The molecule has 5 atom stereocenters. The standard InChI is InChI=1S/C25H31BClN3O5/c1-23(2)16-11-17(23)25(5)18(12-16)34-26(35-25)19(27)10-14-6-7-15(13-30-9-8-28-29-30)20-21(14)32-24(3,4)33-22(20)31/h6-9,16-19H,10-13H2,1-5H3/t16-,17-,18?,19-,25+/m1/s1. The SMILES string of the molecule is CC1(C)OC(=O)c2c(Cn3ccnn3)ccc(C[C@@H](Cl)B3OC4C[C@H]5C[C@H](C5(C)C)[C@]4(C)O3)c2O1. The number of nitrogens with zero attached hydrogens (tertiary/aromatic N) is 3. The average Bonchev–Trinajstić information content (AvgIpc) is 3.40. The summed E-state index contributed by atoms with van der Waals surface area (Å²) in [6, 6.07) is 3.86. The topological polar surface area (TPSA) is 84.7 Å². The second kappa shape index (κ2) is 7.70. The van der Waals surface area contributed by atoms with Gasteiger partial charge in [-0.2, -0.15) is 0 Å². The molecule has 0 radical (unpaired) electrons. The smallest absolute Gasteiger partial charge is 0.452 e. The lowest BCUT2D eigenvalue weighted by Gasteiger charge is -2.64. The van der Waals surface area contributed by atoms with Crippen molar-refractivity contribution in [1.82, 2.24) is 15.0 Å². The first-order valence-electron chi connectivity index (χ1n) is 12.4. The predicted molar refractivity (Wildman–Crippen MR) is 129 cm³/mol. The molecule has 7 rings (SSSR count). The largest absolute Gasteiger partial charge is 0.477 e. The minimum absolute atomic E-state index is 0.0645. The predicted octanol–water partition coefficient (Wildman–Crippen LogP) is 4.03. The highest BCUT2D eigenvalue weighted by atomic mass is 35.5. The van der Waals surface area contributed by atoms with E-state index in [1.807, 2.05) is 12.1 Å². The van der Waals surface area contributed by atoms with E-state index in [-0.39, 0.29) is 17.1 Å². The summed E-state index contributed by atoms with van der Waals surface area (Å²) < 4.78 is 26.3. The van der Waals surface area contributed by atoms with Gasteiger partial charge in [0.1, 0.15) is 11.3 Å². The summed E-state index contributed by atoms with van der Waals surface area (Å²) in [4.78, 5) is 13.0. The van der Waals surface area contributed by atoms with Crippen molar-refractivity contribution < 1.29 is 23.6 Å². The Morgan fingerprint density at radius 3 is 2.66 bits per heavy atom. The quantitative estimate of drug-likeness (QED) is 0.349. The maximum atomic E-state index is 13.0. The minimum atomic E-state index is -1.08. The molecule has 2 aliphatic heterocycles. The van der Waals surface area contributed by atoms with Gasteiger partial charge in [-0.05, 0) is 54.6 Å². The van der Waals surface area contributed by atoms with Crippen molar-refractivity contribution in [3.8, 4) is 5.75 Å². The lowest BCUT2D eigenvalue weighted by Crippen LogP contribution is -2.65. The second-order valence-electron chi connectivity index (χ2n) is 11.6. The molecule has 5 aliphatic rings. The maximum Gasteiger partial charge on any atom is 0.477 e. The molecule has 3 saturated carbocycles. The number of hydrogen-bond donors (Lipinski definition) is 0. The molecule has 3 heterocycles. The number of halogens is 1. The second-order valence-corrected chi connectivity index (χ2v) is 12.2. The Hall–Kier alpha value is -2.10. The Balaban J connectivity index is 1.27.